The lowest BCUT2D eigenvalue weighted by Gasteiger charge is -2.17. The zero-order valence-corrected chi connectivity index (χ0v) is 15.3. The predicted molar refractivity (Wildman–Crippen MR) is 97.7 cm³/mol. The van der Waals surface area contributed by atoms with Crippen molar-refractivity contribution in [2.75, 3.05) is 19.1 Å². The van der Waals surface area contributed by atoms with Crippen molar-refractivity contribution < 1.29 is 14.3 Å². The molecule has 134 valence electrons. The minimum Gasteiger partial charge on any atom is -0.467 e. The zero-order valence-electron chi connectivity index (χ0n) is 14.4. The average Bonchev–Trinajstić information content (AvgIpc) is 2.61. The van der Waals surface area contributed by atoms with Crippen LogP contribution >= 0.6 is 11.8 Å². The third kappa shape index (κ3) is 4.60. The second-order valence-corrected chi connectivity index (χ2v) is 6.49. The third-order valence-electron chi connectivity index (χ3n) is 3.75. The van der Waals surface area contributed by atoms with Crippen LogP contribution in [-0.2, 0) is 20.9 Å². The largest absolute Gasteiger partial charge is 0.467 e. The lowest BCUT2D eigenvalue weighted by Crippen LogP contribution is -2.44. The van der Waals surface area contributed by atoms with E-state index in [9.17, 15) is 14.4 Å². The molecule has 2 aromatic rings. The topological polar surface area (TPSA) is 90.3 Å². The third-order valence-corrected chi connectivity index (χ3v) is 4.39. The van der Waals surface area contributed by atoms with E-state index < -0.39 is 17.9 Å². The van der Waals surface area contributed by atoms with Gasteiger partial charge in [-0.15, -0.1) is 0 Å². The molecule has 0 aliphatic heterocycles. The van der Waals surface area contributed by atoms with Crippen molar-refractivity contribution in [1.29, 1.82) is 0 Å². The Balaban J connectivity index is 2.25. The SMILES string of the molecule is COC(=O)[C@H](CCSC)NC(=O)Cn1c(=O)c(C)nc2ccccc21. The summed E-state index contributed by atoms with van der Waals surface area (Å²) >= 11 is 1.57. The Morgan fingerprint density at radius 2 is 2.08 bits per heavy atom. The number of hydrogen-bond donors (Lipinski definition) is 1. The summed E-state index contributed by atoms with van der Waals surface area (Å²) in [6.07, 6.45) is 2.38. The molecule has 0 spiro atoms. The van der Waals surface area contributed by atoms with Crippen molar-refractivity contribution in [2.45, 2.75) is 25.9 Å². The van der Waals surface area contributed by atoms with Gasteiger partial charge in [0.25, 0.3) is 5.56 Å². The molecule has 2 rings (SSSR count). The van der Waals surface area contributed by atoms with Crippen LogP contribution in [0.3, 0.4) is 0 Å². The predicted octanol–water partition coefficient (Wildman–Crippen LogP) is 1.12. The summed E-state index contributed by atoms with van der Waals surface area (Å²) in [5.41, 5.74) is 1.21. The molecule has 1 amide bonds. The molecule has 0 aliphatic carbocycles. The Labute approximate surface area is 149 Å². The highest BCUT2D eigenvalue weighted by Crippen LogP contribution is 2.10. The van der Waals surface area contributed by atoms with Gasteiger partial charge in [0.1, 0.15) is 18.3 Å². The van der Waals surface area contributed by atoms with E-state index in [0.717, 1.165) is 0 Å². The number of rotatable bonds is 7. The number of esters is 1. The Hall–Kier alpha value is -2.35. The van der Waals surface area contributed by atoms with E-state index in [2.05, 4.69) is 10.3 Å². The van der Waals surface area contributed by atoms with Gasteiger partial charge in [-0.05, 0) is 37.5 Å². The number of nitrogens with one attached hydrogen (secondary N) is 1. The van der Waals surface area contributed by atoms with Gasteiger partial charge in [-0.1, -0.05) is 12.1 Å². The molecule has 0 bridgehead atoms. The van der Waals surface area contributed by atoms with Crippen molar-refractivity contribution in [3.05, 3.63) is 40.3 Å². The fourth-order valence-electron chi connectivity index (χ4n) is 2.49. The van der Waals surface area contributed by atoms with Gasteiger partial charge in [-0.2, -0.15) is 11.8 Å². The van der Waals surface area contributed by atoms with Crippen molar-refractivity contribution in [3.63, 3.8) is 0 Å². The molecular formula is C17H21N3O4S. The number of benzene rings is 1. The molecule has 0 aliphatic rings. The normalized spacial score (nSPS) is 12.0. The summed E-state index contributed by atoms with van der Waals surface area (Å²) in [4.78, 5) is 40.9. The van der Waals surface area contributed by atoms with Crippen LogP contribution in [0.25, 0.3) is 11.0 Å². The highest BCUT2D eigenvalue weighted by atomic mass is 32.2. The van der Waals surface area contributed by atoms with Crippen LogP contribution in [-0.4, -0.2) is 46.6 Å². The van der Waals surface area contributed by atoms with E-state index >= 15 is 0 Å². The number of aromatic nitrogens is 2. The number of carbonyl (C=O) groups is 2. The maximum Gasteiger partial charge on any atom is 0.328 e. The first-order valence-corrected chi connectivity index (χ1v) is 9.19. The highest BCUT2D eigenvalue weighted by molar-refractivity contribution is 7.98. The van der Waals surface area contributed by atoms with E-state index in [1.54, 1.807) is 36.9 Å². The fraction of sp³-hybridized carbons (Fsp3) is 0.412. The number of hydrogen-bond acceptors (Lipinski definition) is 6. The summed E-state index contributed by atoms with van der Waals surface area (Å²) in [5, 5.41) is 2.66. The number of thioether (sulfide) groups is 1. The van der Waals surface area contributed by atoms with Crippen LogP contribution in [0.1, 0.15) is 12.1 Å². The maximum atomic E-state index is 12.4. The summed E-state index contributed by atoms with van der Waals surface area (Å²) < 4.78 is 6.10. The van der Waals surface area contributed by atoms with Crippen LogP contribution in [0, 0.1) is 6.92 Å². The first-order chi connectivity index (χ1) is 12.0. The van der Waals surface area contributed by atoms with Crippen LogP contribution in [0.15, 0.2) is 29.1 Å². The molecular weight excluding hydrogens is 342 g/mol. The maximum absolute atomic E-state index is 12.4. The quantitative estimate of drug-likeness (QED) is 0.742. The Kier molecular flexibility index (Phi) is 6.58. The minimum atomic E-state index is -0.727. The number of nitrogens with zero attached hydrogens (tertiary/aromatic N) is 2. The monoisotopic (exact) mass is 363 g/mol. The van der Waals surface area contributed by atoms with E-state index in [1.165, 1.54) is 11.7 Å². The number of amides is 1. The second kappa shape index (κ2) is 8.66. The molecule has 0 saturated heterocycles. The summed E-state index contributed by atoms with van der Waals surface area (Å²) in [5.74, 6) is -0.211. The number of para-hydroxylation sites is 2. The second-order valence-electron chi connectivity index (χ2n) is 5.50. The molecule has 1 atom stereocenters. The van der Waals surface area contributed by atoms with Crippen molar-refractivity contribution >= 4 is 34.7 Å². The Bertz CT molecular complexity index is 834. The van der Waals surface area contributed by atoms with Crippen LogP contribution in [0.5, 0.6) is 0 Å². The van der Waals surface area contributed by atoms with Crippen molar-refractivity contribution in [3.8, 4) is 0 Å². The number of carbonyl (C=O) groups excluding carboxylic acids is 2. The standard InChI is InChI=1S/C17H21N3O4S/c1-11-16(22)20(14-7-5-4-6-12(14)18-11)10-15(21)19-13(8-9-25-3)17(23)24-2/h4-7,13H,8-10H2,1-3H3,(H,19,21)/t13-/m0/s1. The molecule has 1 aromatic carbocycles. The van der Waals surface area contributed by atoms with Crippen LogP contribution in [0.4, 0.5) is 0 Å². The number of methoxy groups -OCH3 is 1. The van der Waals surface area contributed by atoms with E-state index in [0.29, 0.717) is 28.9 Å². The molecule has 0 unspecified atom stereocenters. The first kappa shape index (κ1) is 19.0. The Morgan fingerprint density at radius 1 is 1.36 bits per heavy atom. The first-order valence-electron chi connectivity index (χ1n) is 7.80. The minimum absolute atomic E-state index is 0.185. The van der Waals surface area contributed by atoms with Crippen LogP contribution < -0.4 is 10.9 Å². The van der Waals surface area contributed by atoms with E-state index in [4.69, 9.17) is 4.74 Å². The highest BCUT2D eigenvalue weighted by Gasteiger charge is 2.21. The van der Waals surface area contributed by atoms with Crippen LogP contribution in [0.2, 0.25) is 0 Å². The Morgan fingerprint density at radius 3 is 2.76 bits per heavy atom. The molecule has 25 heavy (non-hydrogen) atoms. The molecule has 0 radical (unpaired) electrons. The summed E-state index contributed by atoms with van der Waals surface area (Å²) in [6, 6.07) is 6.39. The van der Waals surface area contributed by atoms with Gasteiger partial charge in [-0.3, -0.25) is 14.2 Å². The molecule has 1 aromatic heterocycles. The molecule has 7 nitrogen and oxygen atoms in total. The van der Waals surface area contributed by atoms with E-state index in [-0.39, 0.29) is 12.1 Å². The molecule has 1 heterocycles. The van der Waals surface area contributed by atoms with Gasteiger partial charge in [0.05, 0.1) is 18.1 Å². The van der Waals surface area contributed by atoms with Gasteiger partial charge in [0, 0.05) is 0 Å². The van der Waals surface area contributed by atoms with E-state index in [1.807, 2.05) is 12.3 Å². The summed E-state index contributed by atoms with van der Waals surface area (Å²) in [6.45, 7) is 1.42. The summed E-state index contributed by atoms with van der Waals surface area (Å²) in [7, 11) is 1.28. The number of ether oxygens (including phenoxy) is 1. The van der Waals surface area contributed by atoms with Gasteiger partial charge < -0.3 is 10.1 Å². The molecule has 0 saturated carbocycles. The molecule has 0 fully saturated rings. The molecule has 8 heteroatoms. The smallest absolute Gasteiger partial charge is 0.328 e. The van der Waals surface area contributed by atoms with Gasteiger partial charge in [0.2, 0.25) is 5.91 Å². The van der Waals surface area contributed by atoms with Crippen molar-refractivity contribution in [2.24, 2.45) is 0 Å². The van der Waals surface area contributed by atoms with Crippen molar-refractivity contribution in [1.82, 2.24) is 14.9 Å². The average molecular weight is 363 g/mol. The number of aryl methyl sites for hydroxylation is 1. The van der Waals surface area contributed by atoms with Gasteiger partial charge >= 0.3 is 5.97 Å². The van der Waals surface area contributed by atoms with Gasteiger partial charge in [0.15, 0.2) is 0 Å². The lowest BCUT2D eigenvalue weighted by atomic mass is 10.2. The zero-order chi connectivity index (χ0) is 18.4. The number of fused-ring (bicyclic) bond motifs is 1. The molecule has 1 N–H and O–H groups in total. The lowest BCUT2D eigenvalue weighted by molar-refractivity contribution is -0.145. The van der Waals surface area contributed by atoms with Gasteiger partial charge in [-0.25, -0.2) is 9.78 Å². The fourth-order valence-corrected chi connectivity index (χ4v) is 2.96.